The van der Waals surface area contributed by atoms with Gasteiger partial charge in [-0.15, -0.1) is 0 Å². The number of likely N-dealkylation sites (N-methyl/N-ethyl adjacent to an activating group) is 1. The second-order valence-electron chi connectivity index (χ2n) is 5.27. The van der Waals surface area contributed by atoms with Gasteiger partial charge >= 0.3 is 0 Å². The fraction of sp³-hybridized carbons (Fsp3) is 0.333. The van der Waals surface area contributed by atoms with Gasteiger partial charge in [0.1, 0.15) is 0 Å². The van der Waals surface area contributed by atoms with Crippen LogP contribution >= 0.6 is 0 Å². The van der Waals surface area contributed by atoms with Gasteiger partial charge in [-0.05, 0) is 24.7 Å². The van der Waals surface area contributed by atoms with Crippen molar-refractivity contribution in [3.05, 3.63) is 42.0 Å². The zero-order valence-electron chi connectivity index (χ0n) is 11.8. The van der Waals surface area contributed by atoms with Crippen molar-refractivity contribution in [3.8, 4) is 11.1 Å². The number of hydrogen-bond acceptors (Lipinski definition) is 3. The van der Waals surface area contributed by atoms with E-state index in [2.05, 4.69) is 15.1 Å². The number of carbonyl (C=O) groups is 1. The molecule has 2 heterocycles. The molecule has 5 nitrogen and oxygen atoms in total. The largest absolute Gasteiger partial charge is 0.336 e. The van der Waals surface area contributed by atoms with Crippen molar-refractivity contribution in [2.45, 2.75) is 0 Å². The Morgan fingerprint density at radius 1 is 1.29 bits per heavy atom. The second kappa shape index (κ2) is 5.65. The summed E-state index contributed by atoms with van der Waals surface area (Å²) in [5, 5.41) is 5.94. The van der Waals surface area contributed by atoms with Crippen LogP contribution < -0.4 is 0 Å². The highest BCUT2D eigenvalue weighted by Gasteiger charge is 2.20. The van der Waals surface area contributed by atoms with Crippen molar-refractivity contribution >= 4 is 5.91 Å². The minimum Gasteiger partial charge on any atom is -0.336 e. The summed E-state index contributed by atoms with van der Waals surface area (Å²) in [5.41, 5.74) is 1.61. The van der Waals surface area contributed by atoms with Crippen LogP contribution in [0.25, 0.3) is 11.1 Å². The van der Waals surface area contributed by atoms with Crippen molar-refractivity contribution in [1.82, 2.24) is 20.0 Å². The highest BCUT2D eigenvalue weighted by Crippen LogP contribution is 2.22. The minimum absolute atomic E-state index is 0.00569. The van der Waals surface area contributed by atoms with E-state index in [9.17, 15) is 9.18 Å². The topological polar surface area (TPSA) is 52.2 Å². The first kappa shape index (κ1) is 13.8. The molecule has 21 heavy (non-hydrogen) atoms. The minimum atomic E-state index is -0.487. The van der Waals surface area contributed by atoms with Gasteiger partial charge in [-0.25, -0.2) is 0 Å². The predicted molar refractivity (Wildman–Crippen MR) is 77.4 cm³/mol. The molecule has 2 aromatic rings. The second-order valence-corrected chi connectivity index (χ2v) is 5.27. The first-order valence-corrected chi connectivity index (χ1v) is 6.92. The molecule has 0 radical (unpaired) electrons. The number of carbonyl (C=O) groups excluding carboxylic acids is 1. The Morgan fingerprint density at radius 2 is 2.05 bits per heavy atom. The summed E-state index contributed by atoms with van der Waals surface area (Å²) >= 11 is 0. The number of hydrogen-bond donors (Lipinski definition) is 1. The van der Waals surface area contributed by atoms with E-state index in [0.717, 1.165) is 26.2 Å². The summed E-state index contributed by atoms with van der Waals surface area (Å²) in [6, 6.07) is 7.02. The molecule has 1 aliphatic rings. The highest BCUT2D eigenvalue weighted by atomic mass is 19.1. The van der Waals surface area contributed by atoms with E-state index in [1.807, 2.05) is 11.9 Å². The number of aromatic nitrogens is 2. The first-order chi connectivity index (χ1) is 10.1. The van der Waals surface area contributed by atoms with Crippen LogP contribution in [0.15, 0.2) is 30.5 Å². The molecule has 1 fully saturated rings. The maximum absolute atomic E-state index is 13.5. The normalized spacial score (nSPS) is 16.2. The molecular weight excluding hydrogens is 271 g/mol. The Labute approximate surface area is 122 Å². The summed E-state index contributed by atoms with van der Waals surface area (Å²) in [7, 11) is 2.05. The van der Waals surface area contributed by atoms with Crippen LogP contribution in [0.4, 0.5) is 4.39 Å². The summed E-state index contributed by atoms with van der Waals surface area (Å²) in [4.78, 5) is 16.5. The number of nitrogens with one attached hydrogen (secondary N) is 1. The van der Waals surface area contributed by atoms with Gasteiger partial charge in [0.05, 0.1) is 11.8 Å². The Bertz CT molecular complexity index is 647. The highest BCUT2D eigenvalue weighted by molar-refractivity contribution is 5.95. The molecule has 0 saturated carbocycles. The van der Waals surface area contributed by atoms with Gasteiger partial charge in [0, 0.05) is 31.7 Å². The van der Waals surface area contributed by atoms with Crippen molar-refractivity contribution in [1.29, 1.82) is 0 Å². The van der Waals surface area contributed by atoms with E-state index < -0.39 is 5.95 Å². The molecule has 3 rings (SSSR count). The van der Waals surface area contributed by atoms with Crippen molar-refractivity contribution in [2.24, 2.45) is 0 Å². The molecule has 1 aliphatic heterocycles. The third-order valence-electron chi connectivity index (χ3n) is 3.80. The van der Waals surface area contributed by atoms with Crippen molar-refractivity contribution in [3.63, 3.8) is 0 Å². The average Bonchev–Trinajstić information content (AvgIpc) is 2.94. The summed E-state index contributed by atoms with van der Waals surface area (Å²) in [6.07, 6.45) is 1.43. The Hall–Kier alpha value is -2.21. The number of H-pyrrole nitrogens is 1. The lowest BCUT2D eigenvalue weighted by Gasteiger charge is -2.32. The van der Waals surface area contributed by atoms with Crippen LogP contribution in [0, 0.1) is 5.95 Å². The van der Waals surface area contributed by atoms with Crippen molar-refractivity contribution < 1.29 is 9.18 Å². The molecule has 0 unspecified atom stereocenters. The molecule has 0 bridgehead atoms. The third-order valence-corrected chi connectivity index (χ3v) is 3.80. The van der Waals surface area contributed by atoms with E-state index in [-0.39, 0.29) is 5.91 Å². The van der Waals surface area contributed by atoms with Gasteiger partial charge in [-0.2, -0.15) is 9.49 Å². The summed E-state index contributed by atoms with van der Waals surface area (Å²) in [6.45, 7) is 3.20. The molecule has 1 aromatic carbocycles. The van der Waals surface area contributed by atoms with E-state index >= 15 is 0 Å². The lowest BCUT2D eigenvalue weighted by molar-refractivity contribution is 0.0664. The standard InChI is InChI=1S/C15H17FN4O/c1-19-5-7-20(8-6-19)15(21)12-4-2-3-11(9-12)13-10-17-18-14(13)16/h2-4,9-10H,5-8H2,1H3,(H,17,18). The molecule has 1 N–H and O–H groups in total. The van der Waals surface area contributed by atoms with Gasteiger partial charge in [0.15, 0.2) is 0 Å². The van der Waals surface area contributed by atoms with Crippen LogP contribution in [-0.4, -0.2) is 59.1 Å². The Kier molecular flexibility index (Phi) is 3.70. The van der Waals surface area contributed by atoms with Crippen LogP contribution in [0.3, 0.4) is 0 Å². The number of nitrogens with zero attached hydrogens (tertiary/aromatic N) is 3. The zero-order chi connectivity index (χ0) is 14.8. The number of halogens is 1. The van der Waals surface area contributed by atoms with Crippen LogP contribution in [0.5, 0.6) is 0 Å². The number of benzene rings is 1. The SMILES string of the molecule is CN1CCN(C(=O)c2cccc(-c3cn[nH]c3F)c2)CC1. The molecule has 1 amide bonds. The quantitative estimate of drug-likeness (QED) is 0.913. The summed E-state index contributed by atoms with van der Waals surface area (Å²) in [5.74, 6) is -0.493. The fourth-order valence-electron chi connectivity index (χ4n) is 2.48. The third kappa shape index (κ3) is 2.80. The van der Waals surface area contributed by atoms with Gasteiger partial charge in [-0.1, -0.05) is 12.1 Å². The molecule has 1 saturated heterocycles. The number of piperazine rings is 1. The average molecular weight is 288 g/mol. The van der Waals surface area contributed by atoms with Gasteiger partial charge in [0.25, 0.3) is 5.91 Å². The molecular formula is C15H17FN4O. The summed E-state index contributed by atoms with van der Waals surface area (Å²) < 4.78 is 13.5. The van der Waals surface area contributed by atoms with E-state index in [4.69, 9.17) is 0 Å². The molecule has 110 valence electrons. The first-order valence-electron chi connectivity index (χ1n) is 6.92. The zero-order valence-corrected chi connectivity index (χ0v) is 11.8. The number of aromatic amines is 1. The molecule has 1 aromatic heterocycles. The lowest BCUT2D eigenvalue weighted by Crippen LogP contribution is -2.47. The van der Waals surface area contributed by atoms with E-state index in [0.29, 0.717) is 16.7 Å². The predicted octanol–water partition coefficient (Wildman–Crippen LogP) is 1.60. The maximum atomic E-state index is 13.5. The molecule has 6 heteroatoms. The van der Waals surface area contributed by atoms with Crippen LogP contribution in [-0.2, 0) is 0 Å². The van der Waals surface area contributed by atoms with Crippen LogP contribution in [0.1, 0.15) is 10.4 Å². The van der Waals surface area contributed by atoms with Crippen molar-refractivity contribution in [2.75, 3.05) is 33.2 Å². The smallest absolute Gasteiger partial charge is 0.253 e. The molecule has 0 aliphatic carbocycles. The fourth-order valence-corrected chi connectivity index (χ4v) is 2.48. The number of rotatable bonds is 2. The molecule has 0 spiro atoms. The lowest BCUT2D eigenvalue weighted by atomic mass is 10.0. The number of amides is 1. The van der Waals surface area contributed by atoms with E-state index in [1.165, 1.54) is 6.20 Å². The van der Waals surface area contributed by atoms with Crippen LogP contribution in [0.2, 0.25) is 0 Å². The monoisotopic (exact) mass is 288 g/mol. The molecule has 0 atom stereocenters. The Morgan fingerprint density at radius 3 is 2.71 bits per heavy atom. The van der Waals surface area contributed by atoms with E-state index in [1.54, 1.807) is 24.3 Å². The maximum Gasteiger partial charge on any atom is 0.253 e. The van der Waals surface area contributed by atoms with Gasteiger partial charge in [0.2, 0.25) is 5.95 Å². The van der Waals surface area contributed by atoms with Gasteiger partial charge < -0.3 is 9.80 Å². The van der Waals surface area contributed by atoms with Gasteiger partial charge in [-0.3, -0.25) is 9.89 Å². The Balaban J connectivity index is 1.83.